The molecule has 2 aromatic carbocycles. The van der Waals surface area contributed by atoms with E-state index in [-0.39, 0.29) is 11.7 Å². The Kier molecular flexibility index (Phi) is 5.74. The van der Waals surface area contributed by atoms with Crippen LogP contribution in [0.15, 0.2) is 54.6 Å². The molecule has 0 unspecified atom stereocenters. The Hall–Kier alpha value is -2.18. The summed E-state index contributed by atoms with van der Waals surface area (Å²) in [5, 5.41) is 2.87. The first-order valence-electron chi connectivity index (χ1n) is 8.83. The number of aryl methyl sites for hydroxylation is 1. The fourth-order valence-electron chi connectivity index (χ4n) is 3.29. The van der Waals surface area contributed by atoms with Crippen molar-refractivity contribution in [2.24, 2.45) is 0 Å². The highest BCUT2D eigenvalue weighted by atomic mass is 32.2. The van der Waals surface area contributed by atoms with Crippen LogP contribution in [-0.4, -0.2) is 31.2 Å². The van der Waals surface area contributed by atoms with Crippen LogP contribution in [0.3, 0.4) is 0 Å². The van der Waals surface area contributed by atoms with Gasteiger partial charge in [0.15, 0.2) is 0 Å². The van der Waals surface area contributed by atoms with Crippen molar-refractivity contribution in [1.29, 1.82) is 0 Å². The second-order valence-corrected chi connectivity index (χ2v) is 8.58. The molecule has 1 aliphatic heterocycles. The Labute approximate surface area is 155 Å². The number of carbonyl (C=O) groups excluding carboxylic acids is 1. The lowest BCUT2D eigenvalue weighted by atomic mass is 10.1. The number of hydrogen-bond donors (Lipinski definition) is 1. The summed E-state index contributed by atoms with van der Waals surface area (Å²) < 4.78 is 27.2. The monoisotopic (exact) mass is 372 g/mol. The highest BCUT2D eigenvalue weighted by Crippen LogP contribution is 2.24. The number of rotatable bonds is 6. The minimum Gasteiger partial charge on any atom is -0.351 e. The summed E-state index contributed by atoms with van der Waals surface area (Å²) in [6.07, 6.45) is 1.27. The number of benzene rings is 2. The lowest BCUT2D eigenvalue weighted by Gasteiger charge is -2.24. The highest BCUT2D eigenvalue weighted by molar-refractivity contribution is 7.88. The molecule has 3 rings (SSSR count). The van der Waals surface area contributed by atoms with Crippen LogP contribution in [0, 0.1) is 6.92 Å². The lowest BCUT2D eigenvalue weighted by Crippen LogP contribution is -2.46. The van der Waals surface area contributed by atoms with E-state index in [1.165, 1.54) is 4.31 Å². The van der Waals surface area contributed by atoms with Gasteiger partial charge in [-0.25, -0.2) is 8.42 Å². The van der Waals surface area contributed by atoms with Crippen molar-refractivity contribution in [2.75, 3.05) is 6.54 Å². The van der Waals surface area contributed by atoms with Crippen LogP contribution in [0.5, 0.6) is 0 Å². The van der Waals surface area contributed by atoms with Crippen molar-refractivity contribution in [3.63, 3.8) is 0 Å². The maximum Gasteiger partial charge on any atom is 0.238 e. The molecule has 138 valence electrons. The fourth-order valence-corrected chi connectivity index (χ4v) is 5.17. The highest BCUT2D eigenvalue weighted by Gasteiger charge is 2.38. The van der Waals surface area contributed by atoms with Crippen molar-refractivity contribution >= 4 is 15.9 Å². The second kappa shape index (κ2) is 8.01. The predicted molar refractivity (Wildman–Crippen MR) is 102 cm³/mol. The smallest absolute Gasteiger partial charge is 0.238 e. The van der Waals surface area contributed by atoms with Gasteiger partial charge < -0.3 is 5.32 Å². The van der Waals surface area contributed by atoms with E-state index in [9.17, 15) is 13.2 Å². The Morgan fingerprint density at radius 3 is 2.54 bits per heavy atom. The van der Waals surface area contributed by atoms with Gasteiger partial charge in [0.1, 0.15) is 6.04 Å². The molecule has 1 aliphatic rings. The van der Waals surface area contributed by atoms with Gasteiger partial charge in [-0.1, -0.05) is 54.6 Å². The molecule has 1 fully saturated rings. The summed E-state index contributed by atoms with van der Waals surface area (Å²) in [6, 6.07) is 16.4. The molecule has 1 heterocycles. The van der Waals surface area contributed by atoms with Gasteiger partial charge in [-0.2, -0.15) is 4.31 Å². The molecule has 6 heteroatoms. The predicted octanol–water partition coefficient (Wildman–Crippen LogP) is 2.61. The standard InChI is InChI=1S/C20H24N2O3S/c1-16-8-5-6-11-18(16)15-26(24,25)22-13-7-12-19(22)20(23)21-14-17-9-3-2-4-10-17/h2-6,8-11,19H,7,12-15H2,1H3,(H,21,23)/t19-/m0/s1. The largest absolute Gasteiger partial charge is 0.351 e. The molecule has 1 saturated heterocycles. The lowest BCUT2D eigenvalue weighted by molar-refractivity contribution is -0.124. The molecular formula is C20H24N2O3S. The summed E-state index contributed by atoms with van der Waals surface area (Å²) >= 11 is 0. The van der Waals surface area contributed by atoms with Gasteiger partial charge in [-0.3, -0.25) is 4.79 Å². The van der Waals surface area contributed by atoms with Crippen LogP contribution in [0.25, 0.3) is 0 Å². The number of hydrogen-bond acceptors (Lipinski definition) is 3. The van der Waals surface area contributed by atoms with Crippen molar-refractivity contribution in [2.45, 2.75) is 38.1 Å². The van der Waals surface area contributed by atoms with Gasteiger partial charge in [-0.15, -0.1) is 0 Å². The van der Waals surface area contributed by atoms with E-state index in [0.29, 0.717) is 25.9 Å². The number of nitrogens with one attached hydrogen (secondary N) is 1. The molecule has 2 aromatic rings. The fraction of sp³-hybridized carbons (Fsp3) is 0.350. The van der Waals surface area contributed by atoms with Gasteiger partial charge in [-0.05, 0) is 36.5 Å². The zero-order valence-corrected chi connectivity index (χ0v) is 15.7. The van der Waals surface area contributed by atoms with Crippen molar-refractivity contribution in [3.05, 3.63) is 71.3 Å². The normalized spacial score (nSPS) is 18.0. The first kappa shape index (κ1) is 18.6. The number of sulfonamides is 1. The van der Waals surface area contributed by atoms with Crippen molar-refractivity contribution in [1.82, 2.24) is 9.62 Å². The molecule has 0 spiro atoms. The second-order valence-electron chi connectivity index (χ2n) is 6.65. The van der Waals surface area contributed by atoms with Crippen molar-refractivity contribution < 1.29 is 13.2 Å². The SMILES string of the molecule is Cc1ccccc1CS(=O)(=O)N1CCC[C@H]1C(=O)NCc1ccccc1. The average molecular weight is 372 g/mol. The summed E-state index contributed by atoms with van der Waals surface area (Å²) in [4.78, 5) is 12.6. The molecule has 5 nitrogen and oxygen atoms in total. The molecule has 1 N–H and O–H groups in total. The van der Waals surface area contributed by atoms with Crippen LogP contribution in [0.2, 0.25) is 0 Å². The van der Waals surface area contributed by atoms with E-state index >= 15 is 0 Å². The van der Waals surface area contributed by atoms with Gasteiger partial charge in [0.2, 0.25) is 15.9 Å². The van der Waals surface area contributed by atoms with Gasteiger partial charge in [0, 0.05) is 13.1 Å². The summed E-state index contributed by atoms with van der Waals surface area (Å²) in [6.45, 7) is 2.71. The first-order chi connectivity index (χ1) is 12.5. The number of amides is 1. The minimum absolute atomic E-state index is 0.0673. The molecule has 1 amide bonds. The molecule has 0 aliphatic carbocycles. The van der Waals surface area contributed by atoms with Crippen LogP contribution in [0.4, 0.5) is 0 Å². The third kappa shape index (κ3) is 4.31. The molecule has 0 radical (unpaired) electrons. The summed E-state index contributed by atoms with van der Waals surface area (Å²) in [7, 11) is -3.54. The van der Waals surface area contributed by atoms with Crippen molar-refractivity contribution in [3.8, 4) is 0 Å². The van der Waals surface area contributed by atoms with Gasteiger partial charge in [0.25, 0.3) is 0 Å². The quantitative estimate of drug-likeness (QED) is 0.848. The van der Waals surface area contributed by atoms with E-state index in [0.717, 1.165) is 16.7 Å². The van der Waals surface area contributed by atoms with Crippen LogP contribution in [0.1, 0.15) is 29.5 Å². The average Bonchev–Trinajstić information content (AvgIpc) is 3.13. The van der Waals surface area contributed by atoms with E-state index in [4.69, 9.17) is 0 Å². The number of nitrogens with zero attached hydrogens (tertiary/aromatic N) is 1. The van der Waals surface area contributed by atoms with Gasteiger partial charge >= 0.3 is 0 Å². The number of carbonyl (C=O) groups is 1. The molecule has 1 atom stereocenters. The molecule has 0 bridgehead atoms. The van der Waals surface area contributed by atoms with Gasteiger partial charge in [0.05, 0.1) is 5.75 Å². The Morgan fingerprint density at radius 2 is 1.81 bits per heavy atom. The first-order valence-corrected chi connectivity index (χ1v) is 10.4. The topological polar surface area (TPSA) is 66.5 Å². The van der Waals surface area contributed by atoms with Crippen LogP contribution < -0.4 is 5.32 Å². The Balaban J connectivity index is 1.68. The van der Waals surface area contributed by atoms with E-state index < -0.39 is 16.1 Å². The third-order valence-electron chi connectivity index (χ3n) is 4.77. The van der Waals surface area contributed by atoms with E-state index in [2.05, 4.69) is 5.32 Å². The Morgan fingerprint density at radius 1 is 1.12 bits per heavy atom. The molecular weight excluding hydrogens is 348 g/mol. The maximum absolute atomic E-state index is 12.9. The maximum atomic E-state index is 12.9. The van der Waals surface area contributed by atoms with E-state index in [1.54, 1.807) is 0 Å². The molecule has 0 aromatic heterocycles. The van der Waals surface area contributed by atoms with Crippen LogP contribution >= 0.6 is 0 Å². The summed E-state index contributed by atoms with van der Waals surface area (Å²) in [5.74, 6) is -0.290. The Bertz CT molecular complexity index is 866. The minimum atomic E-state index is -3.54. The molecule has 0 saturated carbocycles. The zero-order chi connectivity index (χ0) is 18.6. The third-order valence-corrected chi connectivity index (χ3v) is 6.60. The molecule has 26 heavy (non-hydrogen) atoms. The summed E-state index contributed by atoms with van der Waals surface area (Å²) in [5.41, 5.74) is 2.72. The van der Waals surface area contributed by atoms with Crippen LogP contribution in [-0.2, 0) is 27.1 Å². The zero-order valence-electron chi connectivity index (χ0n) is 14.9. The van der Waals surface area contributed by atoms with E-state index in [1.807, 2.05) is 61.5 Å².